The van der Waals surface area contributed by atoms with Crippen LogP contribution in [0.4, 0.5) is 19.0 Å². The molecule has 2 heterocycles. The second-order valence-electron chi connectivity index (χ2n) is 9.25. The average molecular weight is 466 g/mol. The molecule has 0 spiro atoms. The summed E-state index contributed by atoms with van der Waals surface area (Å²) >= 11 is 0. The third-order valence-electron chi connectivity index (χ3n) is 7.43. The van der Waals surface area contributed by atoms with Gasteiger partial charge in [0, 0.05) is 29.3 Å². The van der Waals surface area contributed by atoms with Gasteiger partial charge in [0.05, 0.1) is 22.3 Å². The Morgan fingerprint density at radius 1 is 1.03 bits per heavy atom. The first-order valence-electron chi connectivity index (χ1n) is 11.3. The smallest absolute Gasteiger partial charge is 0.308 e. The van der Waals surface area contributed by atoms with Crippen LogP contribution in [-0.4, -0.2) is 32.1 Å². The van der Waals surface area contributed by atoms with Crippen LogP contribution in [0, 0.1) is 35.2 Å². The van der Waals surface area contributed by atoms with Crippen molar-refractivity contribution in [1.82, 2.24) is 15.0 Å². The zero-order chi connectivity index (χ0) is 23.6. The molecule has 0 aliphatic heterocycles. The van der Waals surface area contributed by atoms with E-state index in [4.69, 9.17) is 0 Å². The Morgan fingerprint density at radius 3 is 2.56 bits per heavy atom. The molecule has 2 atom stereocenters. The molecule has 0 radical (unpaired) electrons. The van der Waals surface area contributed by atoms with E-state index < -0.39 is 35.4 Å². The molecule has 2 aromatic carbocycles. The van der Waals surface area contributed by atoms with Crippen molar-refractivity contribution in [3.05, 3.63) is 54.0 Å². The van der Waals surface area contributed by atoms with Gasteiger partial charge in [-0.1, -0.05) is 6.07 Å². The van der Waals surface area contributed by atoms with Gasteiger partial charge in [-0.15, -0.1) is 0 Å². The number of aliphatic carboxylic acids is 1. The van der Waals surface area contributed by atoms with Crippen LogP contribution in [0.2, 0.25) is 0 Å². The van der Waals surface area contributed by atoms with Crippen molar-refractivity contribution in [2.45, 2.75) is 31.7 Å². The van der Waals surface area contributed by atoms with Gasteiger partial charge in [-0.2, -0.15) is 0 Å². The van der Waals surface area contributed by atoms with Crippen molar-refractivity contribution >= 4 is 33.6 Å². The normalized spacial score (nSPS) is 24.1. The molecule has 2 aromatic heterocycles. The standard InChI is InChI=1S/C25H21F3N4O2/c26-13-8-14-15(10-29-22(14)17(28)9-13)23-30-18-3-1-2-16(27)20(18)24(32-23)31-21-12-6-4-11(5-7-12)19(21)25(33)34/h1-3,8-12,19,21,29H,4-7H2,(H,33,34)(H,30,31,32)/t11?,12?,19-,21?/m1/s1. The van der Waals surface area contributed by atoms with Crippen molar-refractivity contribution in [2.75, 3.05) is 5.32 Å². The average Bonchev–Trinajstić information content (AvgIpc) is 3.23. The first-order chi connectivity index (χ1) is 16.4. The minimum atomic E-state index is -0.867. The van der Waals surface area contributed by atoms with Gasteiger partial charge >= 0.3 is 5.97 Å². The maximum absolute atomic E-state index is 14.9. The Hall–Kier alpha value is -3.62. The third-order valence-corrected chi connectivity index (χ3v) is 7.43. The van der Waals surface area contributed by atoms with Crippen LogP contribution in [0.3, 0.4) is 0 Å². The molecule has 3 aliphatic carbocycles. The van der Waals surface area contributed by atoms with Gasteiger partial charge in [0.25, 0.3) is 0 Å². The van der Waals surface area contributed by atoms with E-state index in [2.05, 4.69) is 20.3 Å². The van der Waals surface area contributed by atoms with Crippen LogP contribution in [0.5, 0.6) is 0 Å². The summed E-state index contributed by atoms with van der Waals surface area (Å²) in [6, 6.07) is 6.04. The number of nitrogens with one attached hydrogen (secondary N) is 2. The van der Waals surface area contributed by atoms with E-state index in [1.54, 1.807) is 6.07 Å². The summed E-state index contributed by atoms with van der Waals surface area (Å²) in [5, 5.41) is 13.6. The molecule has 9 heteroatoms. The number of nitrogens with zero attached hydrogens (tertiary/aromatic N) is 2. The molecule has 3 aliphatic rings. The summed E-state index contributed by atoms with van der Waals surface area (Å²) in [5.41, 5.74) is 0.790. The lowest BCUT2D eigenvalue weighted by molar-refractivity contribution is -0.148. The van der Waals surface area contributed by atoms with Gasteiger partial charge in [-0.05, 0) is 55.7 Å². The maximum atomic E-state index is 14.9. The minimum absolute atomic E-state index is 0.0667. The molecule has 0 saturated heterocycles. The Labute approximate surface area is 192 Å². The second kappa shape index (κ2) is 7.72. The van der Waals surface area contributed by atoms with E-state index in [0.29, 0.717) is 11.1 Å². The fraction of sp³-hybridized carbons (Fsp3) is 0.320. The topological polar surface area (TPSA) is 90.9 Å². The quantitative estimate of drug-likeness (QED) is 0.370. The summed E-state index contributed by atoms with van der Waals surface area (Å²) in [6.07, 6.45) is 5.05. The van der Waals surface area contributed by atoms with Crippen LogP contribution in [0.1, 0.15) is 25.7 Å². The Bertz CT molecular complexity index is 1450. The number of benzene rings is 2. The third kappa shape index (κ3) is 3.21. The van der Waals surface area contributed by atoms with Crippen LogP contribution in [0.25, 0.3) is 33.2 Å². The molecule has 0 amide bonds. The Balaban J connectivity index is 1.52. The zero-order valence-electron chi connectivity index (χ0n) is 18.0. The molecule has 2 bridgehead atoms. The van der Waals surface area contributed by atoms with E-state index in [1.165, 1.54) is 24.4 Å². The number of carbonyl (C=O) groups is 1. The van der Waals surface area contributed by atoms with E-state index in [9.17, 15) is 23.1 Å². The van der Waals surface area contributed by atoms with Crippen LogP contribution in [-0.2, 0) is 4.79 Å². The highest BCUT2D eigenvalue weighted by Crippen LogP contribution is 2.47. The molecule has 3 saturated carbocycles. The molecule has 3 fully saturated rings. The van der Waals surface area contributed by atoms with Gasteiger partial charge in [0.15, 0.2) is 5.82 Å². The fourth-order valence-corrected chi connectivity index (χ4v) is 5.88. The second-order valence-corrected chi connectivity index (χ2v) is 9.25. The number of hydrogen-bond acceptors (Lipinski definition) is 4. The minimum Gasteiger partial charge on any atom is -0.481 e. The van der Waals surface area contributed by atoms with E-state index >= 15 is 0 Å². The highest BCUT2D eigenvalue weighted by molar-refractivity contribution is 5.97. The molecule has 174 valence electrons. The molecular weight excluding hydrogens is 445 g/mol. The van der Waals surface area contributed by atoms with Crippen molar-refractivity contribution < 1.29 is 23.1 Å². The number of hydrogen-bond donors (Lipinski definition) is 3. The van der Waals surface area contributed by atoms with E-state index in [1.807, 2.05) is 0 Å². The monoisotopic (exact) mass is 466 g/mol. The van der Waals surface area contributed by atoms with Crippen molar-refractivity contribution in [3.63, 3.8) is 0 Å². The zero-order valence-corrected chi connectivity index (χ0v) is 18.0. The lowest BCUT2D eigenvalue weighted by atomic mass is 9.61. The number of carboxylic acid groups (broad SMARTS) is 1. The van der Waals surface area contributed by atoms with Crippen LogP contribution < -0.4 is 5.32 Å². The van der Waals surface area contributed by atoms with Crippen molar-refractivity contribution in [1.29, 1.82) is 0 Å². The summed E-state index contributed by atoms with van der Waals surface area (Å²) in [7, 11) is 0. The molecule has 6 nitrogen and oxygen atoms in total. The number of H-pyrrole nitrogens is 1. The van der Waals surface area contributed by atoms with Gasteiger partial charge in [-0.25, -0.2) is 23.1 Å². The number of halogens is 3. The fourth-order valence-electron chi connectivity index (χ4n) is 5.88. The van der Waals surface area contributed by atoms with Gasteiger partial charge in [0.1, 0.15) is 23.3 Å². The van der Waals surface area contributed by atoms with E-state index in [-0.39, 0.29) is 39.8 Å². The van der Waals surface area contributed by atoms with Crippen molar-refractivity contribution in [2.24, 2.45) is 17.8 Å². The summed E-state index contributed by atoms with van der Waals surface area (Å²) in [5.74, 6) is -2.92. The summed E-state index contributed by atoms with van der Waals surface area (Å²) < 4.78 is 43.1. The van der Waals surface area contributed by atoms with Gasteiger partial charge < -0.3 is 15.4 Å². The molecule has 34 heavy (non-hydrogen) atoms. The number of carboxylic acids is 1. The summed E-state index contributed by atoms with van der Waals surface area (Å²) in [6.45, 7) is 0. The van der Waals surface area contributed by atoms with Gasteiger partial charge in [-0.3, -0.25) is 4.79 Å². The SMILES string of the molecule is O=C(O)[C@@H]1C2CCC(CC2)C1Nc1nc(-c2c[nH]c3c(F)cc(F)cc23)nc2cccc(F)c12. The Kier molecular flexibility index (Phi) is 4.75. The lowest BCUT2D eigenvalue weighted by Gasteiger charge is -2.47. The van der Waals surface area contributed by atoms with Crippen LogP contribution >= 0.6 is 0 Å². The number of anilines is 1. The molecular formula is C25H21F3N4O2. The molecule has 1 unspecified atom stereocenters. The van der Waals surface area contributed by atoms with Gasteiger partial charge in [0.2, 0.25) is 0 Å². The van der Waals surface area contributed by atoms with Crippen LogP contribution in [0.15, 0.2) is 36.5 Å². The first-order valence-corrected chi connectivity index (χ1v) is 11.3. The number of aromatic nitrogens is 3. The molecule has 7 rings (SSSR count). The predicted molar refractivity (Wildman–Crippen MR) is 121 cm³/mol. The number of rotatable bonds is 4. The Morgan fingerprint density at radius 2 is 1.79 bits per heavy atom. The number of fused-ring (bicyclic) bond motifs is 5. The van der Waals surface area contributed by atoms with Crippen molar-refractivity contribution in [3.8, 4) is 11.4 Å². The highest BCUT2D eigenvalue weighted by Gasteiger charge is 2.47. The largest absolute Gasteiger partial charge is 0.481 e. The molecule has 3 N–H and O–H groups in total. The first kappa shape index (κ1) is 20.9. The molecule has 4 aromatic rings. The highest BCUT2D eigenvalue weighted by atomic mass is 19.1. The predicted octanol–water partition coefficient (Wildman–Crippen LogP) is 5.50. The maximum Gasteiger partial charge on any atom is 0.308 e. The lowest BCUT2D eigenvalue weighted by Crippen LogP contribution is -2.51. The number of aromatic amines is 1. The van der Waals surface area contributed by atoms with E-state index in [0.717, 1.165) is 31.7 Å². The summed E-state index contributed by atoms with van der Waals surface area (Å²) in [4.78, 5) is 23.9.